The number of nitrogens with zero attached hydrogens (tertiary/aromatic N) is 1. The summed E-state index contributed by atoms with van der Waals surface area (Å²) in [5, 5.41) is 11.3. The summed E-state index contributed by atoms with van der Waals surface area (Å²) in [5.41, 5.74) is 1.48. The molecule has 3 nitrogen and oxygen atoms in total. The fourth-order valence-electron chi connectivity index (χ4n) is 2.38. The quantitative estimate of drug-likeness (QED) is 0.764. The number of imidazole rings is 1. The highest BCUT2D eigenvalue weighted by atomic mass is 16.3. The number of aromatic amines is 1. The third-order valence-electron chi connectivity index (χ3n) is 3.50. The SMILES string of the molecule is Cc1ccc(C(O)(c2ccccc2)c2ncc[nH]2)cc1. The lowest BCUT2D eigenvalue weighted by atomic mass is 9.85. The van der Waals surface area contributed by atoms with E-state index in [1.165, 1.54) is 0 Å². The number of nitrogens with one attached hydrogen (secondary N) is 1. The van der Waals surface area contributed by atoms with Gasteiger partial charge in [0.25, 0.3) is 0 Å². The lowest BCUT2D eigenvalue weighted by Gasteiger charge is -2.27. The van der Waals surface area contributed by atoms with Crippen molar-refractivity contribution in [2.24, 2.45) is 0 Å². The average Bonchev–Trinajstić information content (AvgIpc) is 3.03. The van der Waals surface area contributed by atoms with Crippen LogP contribution in [0, 0.1) is 6.92 Å². The Hall–Kier alpha value is -2.39. The number of hydrogen-bond donors (Lipinski definition) is 2. The van der Waals surface area contributed by atoms with Gasteiger partial charge in [-0.1, -0.05) is 60.2 Å². The molecule has 100 valence electrons. The molecule has 20 heavy (non-hydrogen) atoms. The predicted octanol–water partition coefficient (Wildman–Crippen LogP) is 3.00. The summed E-state index contributed by atoms with van der Waals surface area (Å²) in [5.74, 6) is 0.521. The first-order valence-electron chi connectivity index (χ1n) is 6.56. The van der Waals surface area contributed by atoms with Crippen molar-refractivity contribution in [1.82, 2.24) is 9.97 Å². The molecule has 0 aliphatic carbocycles. The molecule has 0 aliphatic heterocycles. The Morgan fingerprint density at radius 3 is 2.20 bits per heavy atom. The molecule has 3 aromatic rings. The van der Waals surface area contributed by atoms with Gasteiger partial charge in [0.15, 0.2) is 5.60 Å². The molecule has 3 rings (SSSR count). The molecule has 0 amide bonds. The smallest absolute Gasteiger partial charge is 0.172 e. The monoisotopic (exact) mass is 264 g/mol. The van der Waals surface area contributed by atoms with E-state index < -0.39 is 5.60 Å². The van der Waals surface area contributed by atoms with Crippen LogP contribution in [0.3, 0.4) is 0 Å². The second kappa shape index (κ2) is 4.94. The summed E-state index contributed by atoms with van der Waals surface area (Å²) in [6.45, 7) is 2.03. The molecule has 2 N–H and O–H groups in total. The highest BCUT2D eigenvalue weighted by Crippen LogP contribution is 2.34. The molecular formula is C17H16N2O. The molecular weight excluding hydrogens is 248 g/mol. The molecule has 0 radical (unpaired) electrons. The Balaban J connectivity index is 2.21. The highest BCUT2D eigenvalue weighted by Gasteiger charge is 2.36. The molecule has 2 aromatic carbocycles. The first-order valence-corrected chi connectivity index (χ1v) is 6.56. The van der Waals surface area contributed by atoms with Crippen molar-refractivity contribution in [3.63, 3.8) is 0 Å². The summed E-state index contributed by atoms with van der Waals surface area (Å²) in [6, 6.07) is 17.4. The van der Waals surface area contributed by atoms with Crippen LogP contribution in [0.15, 0.2) is 67.0 Å². The van der Waals surface area contributed by atoms with E-state index in [4.69, 9.17) is 0 Å². The Kier molecular flexibility index (Phi) is 3.12. The second-order valence-electron chi connectivity index (χ2n) is 4.88. The molecule has 0 aliphatic rings. The first-order chi connectivity index (χ1) is 9.71. The first kappa shape index (κ1) is 12.6. The molecule has 0 spiro atoms. The minimum absolute atomic E-state index is 0.521. The molecule has 0 saturated carbocycles. The van der Waals surface area contributed by atoms with Crippen LogP contribution in [-0.2, 0) is 5.60 Å². The fourth-order valence-corrected chi connectivity index (χ4v) is 2.38. The van der Waals surface area contributed by atoms with Crippen molar-refractivity contribution in [2.45, 2.75) is 12.5 Å². The zero-order valence-electron chi connectivity index (χ0n) is 11.2. The predicted molar refractivity (Wildman–Crippen MR) is 78.3 cm³/mol. The number of H-pyrrole nitrogens is 1. The summed E-state index contributed by atoms with van der Waals surface area (Å²) in [7, 11) is 0. The Labute approximate surface area is 117 Å². The summed E-state index contributed by atoms with van der Waals surface area (Å²) in [6.07, 6.45) is 3.37. The van der Waals surface area contributed by atoms with Gasteiger partial charge in [0, 0.05) is 12.4 Å². The topological polar surface area (TPSA) is 48.9 Å². The van der Waals surface area contributed by atoms with Crippen LogP contribution in [-0.4, -0.2) is 15.1 Å². The molecule has 0 fully saturated rings. The Morgan fingerprint density at radius 1 is 0.950 bits per heavy atom. The van der Waals surface area contributed by atoms with Crippen LogP contribution < -0.4 is 0 Å². The lowest BCUT2D eigenvalue weighted by Crippen LogP contribution is -2.30. The second-order valence-corrected chi connectivity index (χ2v) is 4.88. The van der Waals surface area contributed by atoms with Gasteiger partial charge >= 0.3 is 0 Å². The van der Waals surface area contributed by atoms with Gasteiger partial charge in [-0.2, -0.15) is 0 Å². The van der Waals surface area contributed by atoms with Gasteiger partial charge in [-0.15, -0.1) is 0 Å². The third-order valence-corrected chi connectivity index (χ3v) is 3.50. The van der Waals surface area contributed by atoms with Gasteiger partial charge in [0.2, 0.25) is 0 Å². The van der Waals surface area contributed by atoms with Crippen molar-refractivity contribution in [3.8, 4) is 0 Å². The Morgan fingerprint density at radius 2 is 1.60 bits per heavy atom. The largest absolute Gasteiger partial charge is 0.373 e. The number of aryl methyl sites for hydroxylation is 1. The van der Waals surface area contributed by atoms with Crippen LogP contribution in [0.5, 0.6) is 0 Å². The van der Waals surface area contributed by atoms with Crippen molar-refractivity contribution in [1.29, 1.82) is 0 Å². The van der Waals surface area contributed by atoms with E-state index in [9.17, 15) is 5.11 Å². The van der Waals surface area contributed by atoms with Crippen molar-refractivity contribution in [3.05, 3.63) is 89.5 Å². The van der Waals surface area contributed by atoms with E-state index >= 15 is 0 Å². The van der Waals surface area contributed by atoms with Crippen molar-refractivity contribution >= 4 is 0 Å². The summed E-state index contributed by atoms with van der Waals surface area (Å²) < 4.78 is 0. The molecule has 1 heterocycles. The van der Waals surface area contributed by atoms with Crippen LogP contribution in [0.1, 0.15) is 22.5 Å². The number of rotatable bonds is 3. The zero-order valence-corrected chi connectivity index (χ0v) is 11.2. The van der Waals surface area contributed by atoms with Crippen molar-refractivity contribution < 1.29 is 5.11 Å². The van der Waals surface area contributed by atoms with Crippen LogP contribution in [0.4, 0.5) is 0 Å². The van der Waals surface area contributed by atoms with Gasteiger partial charge in [0.1, 0.15) is 5.82 Å². The number of hydrogen-bond acceptors (Lipinski definition) is 2. The molecule has 1 atom stereocenters. The molecule has 1 unspecified atom stereocenters. The van der Waals surface area contributed by atoms with Gasteiger partial charge in [-0.25, -0.2) is 4.98 Å². The third kappa shape index (κ3) is 2.02. The van der Waals surface area contributed by atoms with E-state index in [0.29, 0.717) is 5.82 Å². The average molecular weight is 264 g/mol. The number of aliphatic hydroxyl groups is 1. The Bertz CT molecular complexity index is 675. The molecule has 0 saturated heterocycles. The van der Waals surface area contributed by atoms with Crippen LogP contribution in [0.2, 0.25) is 0 Å². The highest BCUT2D eigenvalue weighted by molar-refractivity contribution is 5.43. The number of aromatic nitrogens is 2. The minimum atomic E-state index is -1.27. The molecule has 1 aromatic heterocycles. The van der Waals surface area contributed by atoms with Crippen molar-refractivity contribution in [2.75, 3.05) is 0 Å². The van der Waals surface area contributed by atoms with Gasteiger partial charge in [0.05, 0.1) is 0 Å². The van der Waals surface area contributed by atoms with Crippen LogP contribution >= 0.6 is 0 Å². The maximum Gasteiger partial charge on any atom is 0.172 e. The molecule has 3 heteroatoms. The fraction of sp³-hybridized carbons (Fsp3) is 0.118. The van der Waals surface area contributed by atoms with E-state index in [0.717, 1.165) is 16.7 Å². The van der Waals surface area contributed by atoms with Gasteiger partial charge in [-0.05, 0) is 18.1 Å². The van der Waals surface area contributed by atoms with Crippen LogP contribution in [0.25, 0.3) is 0 Å². The number of benzene rings is 2. The van der Waals surface area contributed by atoms with E-state index in [1.807, 2.05) is 61.5 Å². The normalized spacial score (nSPS) is 13.9. The zero-order chi connectivity index (χ0) is 14.0. The molecule has 0 bridgehead atoms. The van der Waals surface area contributed by atoms with E-state index in [-0.39, 0.29) is 0 Å². The van der Waals surface area contributed by atoms with E-state index in [2.05, 4.69) is 9.97 Å². The minimum Gasteiger partial charge on any atom is -0.373 e. The summed E-state index contributed by atoms with van der Waals surface area (Å²) >= 11 is 0. The lowest BCUT2D eigenvalue weighted by molar-refractivity contribution is 0.116. The van der Waals surface area contributed by atoms with Gasteiger partial charge < -0.3 is 10.1 Å². The van der Waals surface area contributed by atoms with E-state index in [1.54, 1.807) is 12.4 Å². The summed E-state index contributed by atoms with van der Waals surface area (Å²) in [4.78, 5) is 7.29. The van der Waals surface area contributed by atoms with Gasteiger partial charge in [-0.3, -0.25) is 0 Å². The standard InChI is InChI=1S/C17H16N2O/c1-13-7-9-15(10-8-13)17(20,16-18-11-12-19-16)14-5-3-2-4-6-14/h2-12,20H,1H3,(H,18,19). The maximum atomic E-state index is 11.3. The maximum absolute atomic E-state index is 11.3.